The number of alkyl halides is 1. The van der Waals surface area contributed by atoms with Gasteiger partial charge in [-0.05, 0) is 40.5 Å². The Balaban J connectivity index is 2.25. The van der Waals surface area contributed by atoms with Crippen LogP contribution in [0.15, 0.2) is 39.6 Å². The summed E-state index contributed by atoms with van der Waals surface area (Å²) in [4.78, 5) is -0.206. The molecule has 0 spiro atoms. The van der Waals surface area contributed by atoms with Crippen LogP contribution < -0.4 is 0 Å². The molecule has 0 aliphatic heterocycles. The number of furan rings is 1. The normalized spacial score (nSPS) is 12.7. The quantitative estimate of drug-likeness (QED) is 0.697. The minimum atomic E-state index is -0.533. The van der Waals surface area contributed by atoms with E-state index in [1.807, 2.05) is 0 Å². The number of halogens is 4. The molecule has 1 unspecified atom stereocenters. The van der Waals surface area contributed by atoms with E-state index in [0.29, 0.717) is 4.67 Å². The highest BCUT2D eigenvalue weighted by Crippen LogP contribution is 2.34. The summed E-state index contributed by atoms with van der Waals surface area (Å²) < 4.78 is 32.6. The molecule has 17 heavy (non-hydrogen) atoms. The van der Waals surface area contributed by atoms with Crippen LogP contribution in [-0.2, 0) is 6.42 Å². The zero-order valence-electron chi connectivity index (χ0n) is 8.59. The maximum Gasteiger partial charge on any atom is 0.173 e. The fourth-order valence-corrected chi connectivity index (χ4v) is 3.05. The van der Waals surface area contributed by atoms with Gasteiger partial charge in [-0.25, -0.2) is 8.78 Å². The lowest BCUT2D eigenvalue weighted by atomic mass is 10.1. The summed E-state index contributed by atoms with van der Waals surface area (Å²) >= 11 is 6.63. The molecule has 1 heterocycles. The van der Waals surface area contributed by atoms with E-state index in [1.165, 1.54) is 24.5 Å². The highest BCUT2D eigenvalue weighted by Gasteiger charge is 2.18. The van der Waals surface area contributed by atoms with Crippen molar-refractivity contribution in [2.24, 2.45) is 0 Å². The van der Waals surface area contributed by atoms with Gasteiger partial charge in [-0.15, -0.1) is 0 Å². The maximum atomic E-state index is 13.5. The Morgan fingerprint density at radius 3 is 2.35 bits per heavy atom. The molecule has 1 atom stereocenters. The molecule has 0 N–H and O–H groups in total. The highest BCUT2D eigenvalue weighted by molar-refractivity contribution is 9.10. The van der Waals surface area contributed by atoms with E-state index in [2.05, 4.69) is 31.9 Å². The molecule has 0 bridgehead atoms. The van der Waals surface area contributed by atoms with Crippen molar-refractivity contribution in [1.82, 2.24) is 0 Å². The lowest BCUT2D eigenvalue weighted by Gasteiger charge is -2.10. The van der Waals surface area contributed by atoms with Gasteiger partial charge in [0.15, 0.2) is 4.67 Å². The van der Waals surface area contributed by atoms with Crippen molar-refractivity contribution in [3.05, 3.63) is 58.0 Å². The first-order chi connectivity index (χ1) is 8.09. The van der Waals surface area contributed by atoms with Crippen molar-refractivity contribution < 1.29 is 13.2 Å². The third-order valence-corrected chi connectivity index (χ3v) is 3.89. The van der Waals surface area contributed by atoms with Gasteiger partial charge in [-0.3, -0.25) is 0 Å². The van der Waals surface area contributed by atoms with E-state index in [4.69, 9.17) is 4.42 Å². The van der Waals surface area contributed by atoms with Crippen molar-refractivity contribution in [3.8, 4) is 0 Å². The molecule has 1 aromatic carbocycles. The molecular weight excluding hydrogens is 358 g/mol. The fourth-order valence-electron chi connectivity index (χ4n) is 1.54. The number of benzene rings is 1. The minimum Gasteiger partial charge on any atom is -0.457 e. The van der Waals surface area contributed by atoms with Crippen LogP contribution in [0.2, 0.25) is 0 Å². The van der Waals surface area contributed by atoms with E-state index in [0.717, 1.165) is 5.56 Å². The second kappa shape index (κ2) is 5.31. The first kappa shape index (κ1) is 12.8. The molecule has 90 valence electrons. The van der Waals surface area contributed by atoms with E-state index in [-0.39, 0.29) is 16.8 Å². The molecule has 0 radical (unpaired) electrons. The van der Waals surface area contributed by atoms with Crippen molar-refractivity contribution in [1.29, 1.82) is 0 Å². The van der Waals surface area contributed by atoms with Gasteiger partial charge in [0.05, 0.1) is 6.26 Å². The van der Waals surface area contributed by atoms with Crippen molar-refractivity contribution in [3.63, 3.8) is 0 Å². The molecule has 0 saturated heterocycles. The molecule has 0 amide bonds. The summed E-state index contributed by atoms with van der Waals surface area (Å²) in [6, 6.07) is 5.61. The van der Waals surface area contributed by atoms with Gasteiger partial charge in [0.1, 0.15) is 11.6 Å². The minimum absolute atomic E-state index is 0.0717. The van der Waals surface area contributed by atoms with Crippen LogP contribution in [0.3, 0.4) is 0 Å². The maximum absolute atomic E-state index is 13.5. The summed E-state index contributed by atoms with van der Waals surface area (Å²) in [6.07, 6.45) is 1.74. The van der Waals surface area contributed by atoms with Gasteiger partial charge in [0.25, 0.3) is 0 Å². The average molecular weight is 366 g/mol. The van der Waals surface area contributed by atoms with Gasteiger partial charge in [-0.1, -0.05) is 22.0 Å². The van der Waals surface area contributed by atoms with Crippen molar-refractivity contribution >= 4 is 31.9 Å². The summed E-state index contributed by atoms with van der Waals surface area (Å²) in [7, 11) is 0. The van der Waals surface area contributed by atoms with Crippen LogP contribution in [0, 0.1) is 11.6 Å². The first-order valence-corrected chi connectivity index (χ1v) is 6.60. The largest absolute Gasteiger partial charge is 0.457 e. The van der Waals surface area contributed by atoms with Crippen molar-refractivity contribution in [2.75, 3.05) is 0 Å². The summed E-state index contributed by atoms with van der Waals surface area (Å²) in [5.74, 6) is -1.07. The van der Waals surface area contributed by atoms with Gasteiger partial charge in [0.2, 0.25) is 0 Å². The average Bonchev–Trinajstić information content (AvgIpc) is 2.70. The highest BCUT2D eigenvalue weighted by atomic mass is 79.9. The van der Waals surface area contributed by atoms with Crippen molar-refractivity contribution in [2.45, 2.75) is 11.2 Å². The number of rotatable bonds is 3. The van der Waals surface area contributed by atoms with E-state index >= 15 is 0 Å². The first-order valence-electron chi connectivity index (χ1n) is 4.89. The summed E-state index contributed by atoms with van der Waals surface area (Å²) in [5, 5.41) is 0. The second-order valence-electron chi connectivity index (χ2n) is 3.52. The Labute approximate surface area is 114 Å². The number of hydrogen-bond acceptors (Lipinski definition) is 1. The second-order valence-corrected chi connectivity index (χ2v) is 5.35. The Hall–Kier alpha value is -0.680. The third-order valence-electron chi connectivity index (χ3n) is 2.43. The number of hydrogen-bond donors (Lipinski definition) is 0. The molecule has 1 nitrogen and oxygen atoms in total. The summed E-state index contributed by atoms with van der Waals surface area (Å²) in [6.45, 7) is 0. The Morgan fingerprint density at radius 2 is 1.82 bits per heavy atom. The monoisotopic (exact) mass is 364 g/mol. The third kappa shape index (κ3) is 2.77. The van der Waals surface area contributed by atoms with Crippen LogP contribution in [0.25, 0.3) is 0 Å². The predicted molar refractivity (Wildman–Crippen MR) is 68.1 cm³/mol. The molecular formula is C12H8Br2F2O. The van der Waals surface area contributed by atoms with Gasteiger partial charge in [-0.2, -0.15) is 0 Å². The topological polar surface area (TPSA) is 13.1 Å². The SMILES string of the molecule is Fc1cccc(F)c1CC(Br)c1ccoc1Br. The smallest absolute Gasteiger partial charge is 0.173 e. The standard InChI is InChI=1S/C12H8Br2F2O/c13-9(7-4-5-17-12(7)14)6-8-10(15)2-1-3-11(8)16/h1-5,9H,6H2. The molecule has 0 fully saturated rings. The molecule has 2 rings (SSSR count). The molecule has 0 aliphatic carbocycles. The van der Waals surface area contributed by atoms with Crippen LogP contribution in [0.5, 0.6) is 0 Å². The van der Waals surface area contributed by atoms with E-state index in [1.54, 1.807) is 6.07 Å². The molecule has 0 saturated carbocycles. The van der Waals surface area contributed by atoms with Crippen LogP contribution >= 0.6 is 31.9 Å². The van der Waals surface area contributed by atoms with Gasteiger partial charge in [0, 0.05) is 16.0 Å². The van der Waals surface area contributed by atoms with Gasteiger partial charge >= 0.3 is 0 Å². The van der Waals surface area contributed by atoms with Crippen LogP contribution in [0.4, 0.5) is 8.78 Å². The van der Waals surface area contributed by atoms with E-state index in [9.17, 15) is 8.78 Å². The lowest BCUT2D eigenvalue weighted by molar-refractivity contribution is 0.533. The zero-order chi connectivity index (χ0) is 12.4. The fraction of sp³-hybridized carbons (Fsp3) is 0.167. The Morgan fingerprint density at radius 1 is 1.18 bits per heavy atom. The molecule has 5 heteroatoms. The van der Waals surface area contributed by atoms with Crippen LogP contribution in [0.1, 0.15) is 16.0 Å². The molecule has 2 aromatic rings. The Kier molecular flexibility index (Phi) is 3.99. The molecule has 1 aromatic heterocycles. The summed E-state index contributed by atoms with van der Waals surface area (Å²) in [5.41, 5.74) is 0.898. The zero-order valence-corrected chi connectivity index (χ0v) is 11.8. The van der Waals surface area contributed by atoms with Gasteiger partial charge < -0.3 is 4.42 Å². The van der Waals surface area contributed by atoms with E-state index < -0.39 is 11.6 Å². The Bertz CT molecular complexity index is 505. The lowest BCUT2D eigenvalue weighted by Crippen LogP contribution is -2.00. The van der Waals surface area contributed by atoms with Crippen LogP contribution in [-0.4, -0.2) is 0 Å². The molecule has 0 aliphatic rings. The predicted octanol–water partition coefficient (Wildman–Crippen LogP) is 5.00.